The number of urea groups is 1. The molecule has 0 radical (unpaired) electrons. The highest BCUT2D eigenvalue weighted by atomic mass is 32.2. The van der Waals surface area contributed by atoms with Crippen LogP contribution in [-0.2, 0) is 4.79 Å². The van der Waals surface area contributed by atoms with Gasteiger partial charge >= 0.3 is 6.03 Å². The molecule has 3 heterocycles. The van der Waals surface area contributed by atoms with Crippen molar-refractivity contribution in [1.29, 1.82) is 5.26 Å². The van der Waals surface area contributed by atoms with Gasteiger partial charge in [-0.1, -0.05) is 6.42 Å². The number of ketones is 1. The third-order valence-electron chi connectivity index (χ3n) is 5.71. The van der Waals surface area contributed by atoms with E-state index in [-0.39, 0.29) is 23.9 Å². The number of hydrogen-bond donors (Lipinski definition) is 2. The van der Waals surface area contributed by atoms with Gasteiger partial charge in [-0.25, -0.2) is 9.78 Å². The molecule has 4 rings (SSSR count). The fourth-order valence-corrected chi connectivity index (χ4v) is 6.45. The summed E-state index contributed by atoms with van der Waals surface area (Å²) in [4.78, 5) is 28.7. The van der Waals surface area contributed by atoms with Crippen molar-refractivity contribution in [3.05, 3.63) is 34.7 Å². The zero-order valence-corrected chi connectivity index (χ0v) is 18.8. The molecule has 2 aliphatic heterocycles. The second-order valence-electron chi connectivity index (χ2n) is 7.70. The molecule has 0 spiro atoms. The van der Waals surface area contributed by atoms with Crippen LogP contribution in [0.3, 0.4) is 0 Å². The number of amides is 2. The van der Waals surface area contributed by atoms with Gasteiger partial charge in [-0.2, -0.15) is 17.0 Å². The number of unbranched alkanes of at least 4 members (excludes halogenated alkanes) is 1. The molecule has 2 saturated heterocycles. The number of thiazole rings is 1. The Balaban J connectivity index is 1.28. The van der Waals surface area contributed by atoms with Crippen molar-refractivity contribution in [2.45, 2.75) is 48.9 Å². The minimum atomic E-state index is -0.819. The van der Waals surface area contributed by atoms with Gasteiger partial charge in [0.15, 0.2) is 11.7 Å². The Morgan fingerprint density at radius 3 is 2.87 bits per heavy atom. The molecule has 0 aliphatic carbocycles. The van der Waals surface area contributed by atoms with Crippen molar-refractivity contribution < 1.29 is 14.3 Å². The number of carbonyl (C=O) groups is 2. The highest BCUT2D eigenvalue weighted by molar-refractivity contribution is 8.00. The zero-order chi connectivity index (χ0) is 21.8. The fraction of sp³-hybridized carbons (Fsp3) is 0.455. The van der Waals surface area contributed by atoms with Crippen LogP contribution in [0.1, 0.15) is 36.6 Å². The Hall–Kier alpha value is -2.57. The Morgan fingerprint density at radius 1 is 1.32 bits per heavy atom. The van der Waals surface area contributed by atoms with E-state index >= 15 is 0 Å². The van der Waals surface area contributed by atoms with Crippen LogP contribution >= 0.6 is 23.1 Å². The van der Waals surface area contributed by atoms with Crippen LogP contribution in [0.2, 0.25) is 0 Å². The van der Waals surface area contributed by atoms with Crippen LogP contribution in [-0.4, -0.2) is 47.0 Å². The van der Waals surface area contributed by atoms with Gasteiger partial charge in [-0.05, 0) is 37.1 Å². The molecule has 1 aromatic carbocycles. The SMILES string of the molecule is COc1ccc(-c2csc([C@H](C#N)C(=O)CCCC[C@@H]3SC[C@@H]4NC(=O)N[C@@H]43)n2)cc1. The van der Waals surface area contributed by atoms with Gasteiger partial charge in [-0.3, -0.25) is 4.79 Å². The Labute approximate surface area is 189 Å². The van der Waals surface area contributed by atoms with E-state index in [1.807, 2.05) is 41.4 Å². The smallest absolute Gasteiger partial charge is 0.315 e. The maximum absolute atomic E-state index is 12.7. The molecule has 2 amide bonds. The quantitative estimate of drug-likeness (QED) is 0.440. The third-order valence-corrected chi connectivity index (χ3v) is 8.12. The van der Waals surface area contributed by atoms with Crippen LogP contribution in [0.25, 0.3) is 11.3 Å². The number of ether oxygens (including phenoxy) is 1. The second kappa shape index (κ2) is 9.71. The number of thioether (sulfide) groups is 1. The fourth-order valence-electron chi connectivity index (χ4n) is 4.01. The topological polar surface area (TPSA) is 104 Å². The number of nitrogens with one attached hydrogen (secondary N) is 2. The largest absolute Gasteiger partial charge is 0.497 e. The Morgan fingerprint density at radius 2 is 2.13 bits per heavy atom. The monoisotopic (exact) mass is 456 g/mol. The van der Waals surface area contributed by atoms with E-state index in [1.54, 1.807) is 7.11 Å². The molecule has 1 aromatic heterocycles. The first-order valence-electron chi connectivity index (χ1n) is 10.3. The van der Waals surface area contributed by atoms with Gasteiger partial charge in [-0.15, -0.1) is 11.3 Å². The minimum absolute atomic E-state index is 0.0779. The number of nitriles is 1. The molecule has 2 fully saturated rings. The molecule has 31 heavy (non-hydrogen) atoms. The number of benzene rings is 1. The van der Waals surface area contributed by atoms with Crippen LogP contribution < -0.4 is 15.4 Å². The Kier molecular flexibility index (Phi) is 6.78. The molecular weight excluding hydrogens is 432 g/mol. The van der Waals surface area contributed by atoms with Crippen molar-refractivity contribution in [3.8, 4) is 23.1 Å². The summed E-state index contributed by atoms with van der Waals surface area (Å²) in [7, 11) is 1.62. The summed E-state index contributed by atoms with van der Waals surface area (Å²) in [5.74, 6) is 0.804. The molecule has 2 aromatic rings. The number of methoxy groups -OCH3 is 1. The first-order valence-corrected chi connectivity index (χ1v) is 12.2. The van der Waals surface area contributed by atoms with Gasteiger partial charge in [0.25, 0.3) is 0 Å². The lowest BCUT2D eigenvalue weighted by molar-refractivity contribution is -0.119. The van der Waals surface area contributed by atoms with E-state index in [2.05, 4.69) is 21.7 Å². The highest BCUT2D eigenvalue weighted by Crippen LogP contribution is 2.33. The van der Waals surface area contributed by atoms with E-state index in [1.165, 1.54) is 11.3 Å². The molecule has 9 heteroatoms. The van der Waals surface area contributed by atoms with Crippen molar-refractivity contribution in [2.24, 2.45) is 0 Å². The number of carbonyl (C=O) groups excluding carboxylic acids is 2. The maximum Gasteiger partial charge on any atom is 0.315 e. The van der Waals surface area contributed by atoms with E-state index in [9.17, 15) is 14.9 Å². The molecule has 7 nitrogen and oxygen atoms in total. The lowest BCUT2D eigenvalue weighted by Gasteiger charge is -2.16. The van der Waals surface area contributed by atoms with Crippen molar-refractivity contribution in [2.75, 3.05) is 12.9 Å². The highest BCUT2D eigenvalue weighted by Gasteiger charge is 2.42. The number of hydrogen-bond acceptors (Lipinski definition) is 7. The van der Waals surface area contributed by atoms with E-state index in [0.29, 0.717) is 16.7 Å². The molecule has 4 atom stereocenters. The minimum Gasteiger partial charge on any atom is -0.497 e. The Bertz CT molecular complexity index is 985. The summed E-state index contributed by atoms with van der Waals surface area (Å²) in [6.45, 7) is 0. The van der Waals surface area contributed by atoms with Crippen molar-refractivity contribution in [1.82, 2.24) is 15.6 Å². The summed E-state index contributed by atoms with van der Waals surface area (Å²) in [6.07, 6.45) is 2.96. The van der Waals surface area contributed by atoms with Crippen LogP contribution in [0.15, 0.2) is 29.6 Å². The number of aromatic nitrogens is 1. The lowest BCUT2D eigenvalue weighted by Crippen LogP contribution is -2.36. The summed E-state index contributed by atoms with van der Waals surface area (Å²) in [5, 5.41) is 18.3. The number of fused-ring (bicyclic) bond motifs is 1. The van der Waals surface area contributed by atoms with E-state index < -0.39 is 5.92 Å². The van der Waals surface area contributed by atoms with Crippen LogP contribution in [0.4, 0.5) is 4.79 Å². The molecular formula is C22H24N4O3S2. The van der Waals surface area contributed by atoms with Gasteiger partial charge in [0.05, 0.1) is 31.0 Å². The van der Waals surface area contributed by atoms with Gasteiger partial charge < -0.3 is 15.4 Å². The predicted octanol–water partition coefficient (Wildman–Crippen LogP) is 3.72. The van der Waals surface area contributed by atoms with Crippen molar-refractivity contribution in [3.63, 3.8) is 0 Å². The second-order valence-corrected chi connectivity index (χ2v) is 9.86. The number of Topliss-reactive ketones (excluding diaryl/α,β-unsaturated/α-hetero) is 1. The number of rotatable bonds is 9. The maximum atomic E-state index is 12.7. The first-order chi connectivity index (χ1) is 15.1. The molecule has 0 bridgehead atoms. The third kappa shape index (κ3) is 4.86. The zero-order valence-electron chi connectivity index (χ0n) is 17.2. The lowest BCUT2D eigenvalue weighted by atomic mass is 9.98. The van der Waals surface area contributed by atoms with Crippen LogP contribution in [0, 0.1) is 11.3 Å². The summed E-state index contributed by atoms with van der Waals surface area (Å²) in [6, 6.07) is 10.0. The van der Waals surface area contributed by atoms with E-state index in [0.717, 1.165) is 42.0 Å². The van der Waals surface area contributed by atoms with Gasteiger partial charge in [0, 0.05) is 28.4 Å². The molecule has 2 aliphatic rings. The molecule has 0 saturated carbocycles. The average molecular weight is 457 g/mol. The number of nitrogens with zero attached hydrogens (tertiary/aromatic N) is 2. The van der Waals surface area contributed by atoms with Crippen LogP contribution in [0.5, 0.6) is 5.75 Å². The summed E-state index contributed by atoms with van der Waals surface area (Å²) >= 11 is 3.22. The normalized spacial score (nSPS) is 22.8. The van der Waals surface area contributed by atoms with Gasteiger partial charge in [0.1, 0.15) is 10.8 Å². The standard InChI is InChI=1S/C22H24N4O3S2/c1-29-14-8-6-13(7-9-14)16-11-31-21(24-16)15(10-23)18(27)4-2-3-5-19-20-17(12-30-19)25-22(28)26-20/h6-9,11,15,17,19-20H,2-5,12H2,1H3,(H2,25,26,28)/t15-,17+,19+,20+/m1/s1. The van der Waals surface area contributed by atoms with Gasteiger partial charge in [0.2, 0.25) is 0 Å². The molecule has 162 valence electrons. The van der Waals surface area contributed by atoms with E-state index in [4.69, 9.17) is 4.74 Å². The average Bonchev–Trinajstić information content (AvgIpc) is 3.49. The molecule has 0 unspecified atom stereocenters. The van der Waals surface area contributed by atoms with Crippen molar-refractivity contribution >= 4 is 34.9 Å². The predicted molar refractivity (Wildman–Crippen MR) is 121 cm³/mol. The molecule has 2 N–H and O–H groups in total. The first kappa shape index (κ1) is 21.7. The summed E-state index contributed by atoms with van der Waals surface area (Å²) < 4.78 is 5.17. The summed E-state index contributed by atoms with van der Waals surface area (Å²) in [5.41, 5.74) is 1.68.